The zero-order valence-corrected chi connectivity index (χ0v) is 11.7. The molecule has 0 radical (unpaired) electrons. The van der Waals surface area contributed by atoms with E-state index in [4.69, 9.17) is 0 Å². The van der Waals surface area contributed by atoms with E-state index in [2.05, 4.69) is 17.4 Å². The van der Waals surface area contributed by atoms with Crippen molar-refractivity contribution in [2.24, 2.45) is 0 Å². The SMILES string of the molecule is FC(F)(F)c1ccc(NCCCCc2ccccc2)cc1. The van der Waals surface area contributed by atoms with E-state index in [0.717, 1.165) is 43.6 Å². The highest BCUT2D eigenvalue weighted by atomic mass is 19.4. The first-order chi connectivity index (χ1) is 10.1. The number of unbranched alkanes of at least 4 members (excludes halogenated alkanes) is 1. The summed E-state index contributed by atoms with van der Waals surface area (Å²) in [7, 11) is 0. The minimum absolute atomic E-state index is 0.614. The van der Waals surface area contributed by atoms with Crippen LogP contribution < -0.4 is 5.32 Å². The lowest BCUT2D eigenvalue weighted by molar-refractivity contribution is -0.137. The standard InChI is InChI=1S/C17H18F3N/c18-17(19,20)15-9-11-16(12-10-15)21-13-5-4-8-14-6-2-1-3-7-14/h1-3,6-7,9-12,21H,4-5,8,13H2. The maximum atomic E-state index is 12.4. The molecule has 0 saturated heterocycles. The number of alkyl halides is 3. The molecule has 0 fully saturated rings. The third kappa shape index (κ3) is 5.14. The van der Waals surface area contributed by atoms with E-state index in [0.29, 0.717) is 0 Å². The van der Waals surface area contributed by atoms with Gasteiger partial charge in [0.05, 0.1) is 5.56 Å². The van der Waals surface area contributed by atoms with Crippen LogP contribution in [0.3, 0.4) is 0 Å². The fourth-order valence-corrected chi connectivity index (χ4v) is 2.11. The van der Waals surface area contributed by atoms with Crippen molar-refractivity contribution in [3.05, 3.63) is 65.7 Å². The molecule has 0 aliphatic carbocycles. The molecule has 4 heteroatoms. The van der Waals surface area contributed by atoms with Gasteiger partial charge in [0, 0.05) is 12.2 Å². The van der Waals surface area contributed by atoms with Crippen LogP contribution in [0.4, 0.5) is 18.9 Å². The fraction of sp³-hybridized carbons (Fsp3) is 0.294. The molecular formula is C17H18F3N. The normalized spacial score (nSPS) is 11.4. The van der Waals surface area contributed by atoms with E-state index in [1.165, 1.54) is 17.7 Å². The molecule has 1 N–H and O–H groups in total. The van der Waals surface area contributed by atoms with Gasteiger partial charge in [-0.05, 0) is 49.1 Å². The third-order valence-electron chi connectivity index (χ3n) is 3.28. The van der Waals surface area contributed by atoms with Crippen LogP contribution in [-0.2, 0) is 12.6 Å². The molecule has 0 aliphatic rings. The van der Waals surface area contributed by atoms with Crippen molar-refractivity contribution in [2.75, 3.05) is 11.9 Å². The Labute approximate surface area is 122 Å². The number of rotatable bonds is 6. The first-order valence-corrected chi connectivity index (χ1v) is 7.01. The quantitative estimate of drug-likeness (QED) is 0.727. The maximum Gasteiger partial charge on any atom is 0.416 e. The van der Waals surface area contributed by atoms with Crippen LogP contribution in [-0.4, -0.2) is 6.54 Å². The summed E-state index contributed by atoms with van der Waals surface area (Å²) in [5.41, 5.74) is 1.42. The van der Waals surface area contributed by atoms with Crippen molar-refractivity contribution in [3.63, 3.8) is 0 Å². The topological polar surface area (TPSA) is 12.0 Å². The van der Waals surface area contributed by atoms with Gasteiger partial charge in [-0.25, -0.2) is 0 Å². The third-order valence-corrected chi connectivity index (χ3v) is 3.28. The lowest BCUT2D eigenvalue weighted by atomic mass is 10.1. The summed E-state index contributed by atoms with van der Waals surface area (Å²) < 4.78 is 37.2. The highest BCUT2D eigenvalue weighted by molar-refractivity contribution is 5.45. The number of nitrogens with one attached hydrogen (secondary N) is 1. The van der Waals surface area contributed by atoms with Gasteiger partial charge in [0.25, 0.3) is 0 Å². The summed E-state index contributed by atoms with van der Waals surface area (Å²) in [4.78, 5) is 0. The molecule has 0 atom stereocenters. The van der Waals surface area contributed by atoms with Crippen LogP contribution in [0, 0.1) is 0 Å². The van der Waals surface area contributed by atoms with E-state index in [9.17, 15) is 13.2 Å². The Bertz CT molecular complexity index is 532. The second-order valence-corrected chi connectivity index (χ2v) is 4.94. The zero-order chi connectivity index (χ0) is 15.1. The molecule has 0 heterocycles. The number of hydrogen-bond donors (Lipinski definition) is 1. The largest absolute Gasteiger partial charge is 0.416 e. The van der Waals surface area contributed by atoms with Crippen LogP contribution >= 0.6 is 0 Å². The highest BCUT2D eigenvalue weighted by Crippen LogP contribution is 2.29. The van der Waals surface area contributed by atoms with Crippen LogP contribution in [0.5, 0.6) is 0 Å². The van der Waals surface area contributed by atoms with Crippen LogP contribution in [0.2, 0.25) is 0 Å². The van der Waals surface area contributed by atoms with E-state index in [1.807, 2.05) is 18.2 Å². The molecular weight excluding hydrogens is 275 g/mol. The Balaban J connectivity index is 1.69. The van der Waals surface area contributed by atoms with Crippen molar-refractivity contribution in [3.8, 4) is 0 Å². The van der Waals surface area contributed by atoms with Crippen LogP contribution in [0.25, 0.3) is 0 Å². The van der Waals surface area contributed by atoms with Gasteiger partial charge in [-0.1, -0.05) is 30.3 Å². The van der Waals surface area contributed by atoms with Gasteiger partial charge >= 0.3 is 6.18 Å². The minimum Gasteiger partial charge on any atom is -0.385 e. The predicted molar refractivity (Wildman–Crippen MR) is 79.3 cm³/mol. The van der Waals surface area contributed by atoms with Crippen molar-refractivity contribution in [1.82, 2.24) is 0 Å². The lowest BCUT2D eigenvalue weighted by Crippen LogP contribution is -2.06. The second-order valence-electron chi connectivity index (χ2n) is 4.94. The molecule has 0 amide bonds. The van der Waals surface area contributed by atoms with Gasteiger partial charge in [-0.3, -0.25) is 0 Å². The Hall–Kier alpha value is -1.97. The van der Waals surface area contributed by atoms with Gasteiger partial charge in [0.2, 0.25) is 0 Å². The Kier molecular flexibility index (Phi) is 5.26. The van der Waals surface area contributed by atoms with E-state index >= 15 is 0 Å². The Morgan fingerprint density at radius 2 is 1.48 bits per heavy atom. The molecule has 2 aromatic carbocycles. The average Bonchev–Trinajstić information content (AvgIpc) is 2.47. The summed E-state index contributed by atoms with van der Waals surface area (Å²) in [5, 5.41) is 3.14. The van der Waals surface area contributed by atoms with Crippen molar-refractivity contribution < 1.29 is 13.2 Å². The second kappa shape index (κ2) is 7.16. The molecule has 2 rings (SSSR count). The molecule has 112 valence electrons. The number of aryl methyl sites for hydroxylation is 1. The summed E-state index contributed by atoms with van der Waals surface area (Å²) in [6, 6.07) is 15.4. The number of halogens is 3. The van der Waals surface area contributed by atoms with Crippen LogP contribution in [0.1, 0.15) is 24.0 Å². The molecule has 0 unspecified atom stereocenters. The van der Waals surface area contributed by atoms with E-state index in [-0.39, 0.29) is 0 Å². The number of benzene rings is 2. The van der Waals surface area contributed by atoms with Gasteiger partial charge in [0.15, 0.2) is 0 Å². The van der Waals surface area contributed by atoms with Gasteiger partial charge in [0.1, 0.15) is 0 Å². The number of anilines is 1. The lowest BCUT2D eigenvalue weighted by Gasteiger charge is -2.09. The van der Waals surface area contributed by atoms with Gasteiger partial charge < -0.3 is 5.32 Å². The molecule has 21 heavy (non-hydrogen) atoms. The maximum absolute atomic E-state index is 12.4. The molecule has 0 aliphatic heterocycles. The van der Waals surface area contributed by atoms with Crippen molar-refractivity contribution in [2.45, 2.75) is 25.4 Å². The first-order valence-electron chi connectivity index (χ1n) is 7.01. The highest BCUT2D eigenvalue weighted by Gasteiger charge is 2.29. The predicted octanol–water partition coefficient (Wildman–Crippen LogP) is 5.14. The fourth-order valence-electron chi connectivity index (χ4n) is 2.11. The molecule has 0 bridgehead atoms. The summed E-state index contributed by atoms with van der Waals surface area (Å²) in [6.07, 6.45) is -1.21. The summed E-state index contributed by atoms with van der Waals surface area (Å²) in [6.45, 7) is 0.762. The van der Waals surface area contributed by atoms with Crippen LogP contribution in [0.15, 0.2) is 54.6 Å². The molecule has 0 saturated carbocycles. The Morgan fingerprint density at radius 1 is 0.810 bits per heavy atom. The monoisotopic (exact) mass is 293 g/mol. The van der Waals surface area contributed by atoms with Crippen molar-refractivity contribution in [1.29, 1.82) is 0 Å². The van der Waals surface area contributed by atoms with E-state index < -0.39 is 11.7 Å². The average molecular weight is 293 g/mol. The van der Waals surface area contributed by atoms with Gasteiger partial charge in [-0.2, -0.15) is 13.2 Å². The summed E-state index contributed by atoms with van der Waals surface area (Å²) >= 11 is 0. The smallest absolute Gasteiger partial charge is 0.385 e. The molecule has 0 aromatic heterocycles. The Morgan fingerprint density at radius 3 is 2.10 bits per heavy atom. The zero-order valence-electron chi connectivity index (χ0n) is 11.7. The molecule has 0 spiro atoms. The number of hydrogen-bond acceptors (Lipinski definition) is 1. The minimum atomic E-state index is -4.27. The molecule has 2 aromatic rings. The molecule has 1 nitrogen and oxygen atoms in total. The van der Waals surface area contributed by atoms with Crippen molar-refractivity contribution >= 4 is 5.69 Å². The first kappa shape index (κ1) is 15.4. The van der Waals surface area contributed by atoms with E-state index in [1.54, 1.807) is 0 Å². The summed E-state index contributed by atoms with van der Waals surface area (Å²) in [5.74, 6) is 0. The van der Waals surface area contributed by atoms with Gasteiger partial charge in [-0.15, -0.1) is 0 Å².